The molecular formula is C21H21F3N2O2S. The Labute approximate surface area is 171 Å². The molecule has 0 saturated carbocycles. The second-order valence-electron chi connectivity index (χ2n) is 6.99. The van der Waals surface area contributed by atoms with Gasteiger partial charge in [0.2, 0.25) is 5.91 Å². The number of hydrogen-bond acceptors (Lipinski definition) is 4. The molecule has 1 aliphatic heterocycles. The van der Waals surface area contributed by atoms with Crippen LogP contribution in [0.15, 0.2) is 41.3 Å². The van der Waals surface area contributed by atoms with E-state index in [2.05, 4.69) is 5.32 Å². The molecule has 2 aromatic rings. The lowest BCUT2D eigenvalue weighted by atomic mass is 10.1. The van der Waals surface area contributed by atoms with Crippen LogP contribution in [-0.4, -0.2) is 37.1 Å². The van der Waals surface area contributed by atoms with Crippen LogP contribution in [-0.2, 0) is 4.79 Å². The molecule has 154 valence electrons. The number of carbonyl (C=O) groups is 2. The number of thioether (sulfide) groups is 1. The monoisotopic (exact) mass is 422 g/mol. The smallest absolute Gasteiger partial charge is 0.230 e. The molecule has 0 aliphatic carbocycles. The van der Waals surface area contributed by atoms with Crippen LogP contribution in [0.2, 0.25) is 0 Å². The molecule has 0 bridgehead atoms. The molecule has 1 heterocycles. The van der Waals surface area contributed by atoms with Crippen molar-refractivity contribution in [1.29, 1.82) is 0 Å². The van der Waals surface area contributed by atoms with Gasteiger partial charge in [-0.25, -0.2) is 13.2 Å². The molecule has 8 heteroatoms. The summed E-state index contributed by atoms with van der Waals surface area (Å²) < 4.78 is 40.4. The number of ketones is 1. The summed E-state index contributed by atoms with van der Waals surface area (Å²) in [5.74, 6) is -2.43. The molecule has 4 nitrogen and oxygen atoms in total. The van der Waals surface area contributed by atoms with Crippen LogP contribution < -0.4 is 10.2 Å². The van der Waals surface area contributed by atoms with E-state index in [1.54, 1.807) is 6.07 Å². The minimum Gasteiger partial charge on any atom is -0.371 e. The maximum atomic E-state index is 14.0. The molecule has 1 amide bonds. The number of nitrogens with zero attached hydrogens (tertiary/aromatic N) is 1. The van der Waals surface area contributed by atoms with Gasteiger partial charge in [0, 0.05) is 41.8 Å². The summed E-state index contributed by atoms with van der Waals surface area (Å²) in [6.45, 7) is 3.17. The van der Waals surface area contributed by atoms with E-state index in [-0.39, 0.29) is 23.4 Å². The van der Waals surface area contributed by atoms with E-state index in [1.807, 2.05) is 4.90 Å². The Morgan fingerprint density at radius 3 is 2.59 bits per heavy atom. The van der Waals surface area contributed by atoms with E-state index in [0.717, 1.165) is 24.2 Å². The summed E-state index contributed by atoms with van der Waals surface area (Å²) in [5, 5.41) is 2.84. The maximum absolute atomic E-state index is 14.0. The van der Waals surface area contributed by atoms with Gasteiger partial charge in [0.05, 0.1) is 5.75 Å². The maximum Gasteiger partial charge on any atom is 0.230 e. The highest BCUT2D eigenvalue weighted by molar-refractivity contribution is 8.00. The van der Waals surface area contributed by atoms with Crippen molar-refractivity contribution >= 4 is 29.1 Å². The van der Waals surface area contributed by atoms with E-state index in [9.17, 15) is 22.8 Å². The third-order valence-corrected chi connectivity index (χ3v) is 5.89. The molecule has 1 saturated heterocycles. The lowest BCUT2D eigenvalue weighted by Crippen LogP contribution is -2.32. The Morgan fingerprint density at radius 2 is 1.90 bits per heavy atom. The van der Waals surface area contributed by atoms with Crippen molar-refractivity contribution in [1.82, 2.24) is 5.32 Å². The molecule has 3 rings (SSSR count). The summed E-state index contributed by atoms with van der Waals surface area (Å²) in [6.07, 6.45) is 0.827. The van der Waals surface area contributed by atoms with Crippen molar-refractivity contribution in [2.45, 2.75) is 18.2 Å². The SMILES string of the molecule is CC(=O)c1ccc(SCC(=O)NCC2CCN(c3ccc(F)c(F)c3)C2)c(F)c1. The van der Waals surface area contributed by atoms with Crippen molar-refractivity contribution in [2.24, 2.45) is 5.92 Å². The number of benzene rings is 2. The molecule has 0 radical (unpaired) electrons. The van der Waals surface area contributed by atoms with Crippen molar-refractivity contribution in [3.63, 3.8) is 0 Å². The fourth-order valence-corrected chi connectivity index (χ4v) is 3.95. The molecule has 1 unspecified atom stereocenters. The average Bonchev–Trinajstić information content (AvgIpc) is 3.16. The molecule has 0 aromatic heterocycles. The highest BCUT2D eigenvalue weighted by Gasteiger charge is 2.24. The molecule has 1 aliphatic rings. The highest BCUT2D eigenvalue weighted by Crippen LogP contribution is 2.25. The molecular weight excluding hydrogens is 401 g/mol. The zero-order valence-corrected chi connectivity index (χ0v) is 16.7. The summed E-state index contributed by atoms with van der Waals surface area (Å²) in [4.78, 5) is 25.6. The van der Waals surface area contributed by atoms with E-state index in [4.69, 9.17) is 0 Å². The van der Waals surface area contributed by atoms with Crippen molar-refractivity contribution in [3.05, 3.63) is 59.4 Å². The molecule has 29 heavy (non-hydrogen) atoms. The first-order valence-corrected chi connectivity index (χ1v) is 10.2. The van der Waals surface area contributed by atoms with Gasteiger partial charge in [0.15, 0.2) is 17.4 Å². The first kappa shape index (κ1) is 21.2. The second kappa shape index (κ2) is 9.35. The average molecular weight is 422 g/mol. The number of amides is 1. The number of rotatable bonds is 7. The third-order valence-electron chi connectivity index (χ3n) is 4.84. The number of Topliss-reactive ketones (excluding diaryl/α,β-unsaturated/α-hetero) is 1. The minimum atomic E-state index is -0.875. The van der Waals surface area contributed by atoms with Crippen molar-refractivity contribution in [3.8, 4) is 0 Å². The predicted octanol–water partition coefficient (Wildman–Crippen LogP) is 4.04. The third kappa shape index (κ3) is 5.53. The van der Waals surface area contributed by atoms with E-state index in [1.165, 1.54) is 31.2 Å². The Hall–Kier alpha value is -2.48. The van der Waals surface area contributed by atoms with Crippen molar-refractivity contribution < 1.29 is 22.8 Å². The lowest BCUT2D eigenvalue weighted by Gasteiger charge is -2.19. The van der Waals surface area contributed by atoms with Gasteiger partial charge in [-0.05, 0) is 43.5 Å². The largest absolute Gasteiger partial charge is 0.371 e. The summed E-state index contributed by atoms with van der Waals surface area (Å²) in [6, 6.07) is 8.05. The van der Waals surface area contributed by atoms with E-state index >= 15 is 0 Å². The standard InChI is InChI=1S/C21H21F3N2O2S/c1-13(27)15-2-5-20(19(24)8-15)29-12-21(28)25-10-14-6-7-26(11-14)16-3-4-17(22)18(23)9-16/h2-5,8-9,14H,6-7,10-12H2,1H3,(H,25,28). The van der Waals surface area contributed by atoms with E-state index < -0.39 is 17.5 Å². The Bertz CT molecular complexity index is 923. The topological polar surface area (TPSA) is 49.4 Å². The molecule has 1 fully saturated rings. The Kier molecular flexibility index (Phi) is 6.84. The minimum absolute atomic E-state index is 0.0654. The number of nitrogens with one attached hydrogen (secondary N) is 1. The molecule has 1 atom stereocenters. The summed E-state index contributed by atoms with van der Waals surface area (Å²) in [7, 11) is 0. The van der Waals surface area contributed by atoms with Crippen LogP contribution in [0.25, 0.3) is 0 Å². The lowest BCUT2D eigenvalue weighted by molar-refractivity contribution is -0.118. The van der Waals surface area contributed by atoms with Gasteiger partial charge in [-0.1, -0.05) is 6.07 Å². The molecule has 2 aromatic carbocycles. The van der Waals surface area contributed by atoms with Gasteiger partial charge >= 0.3 is 0 Å². The number of hydrogen-bond donors (Lipinski definition) is 1. The summed E-state index contributed by atoms with van der Waals surface area (Å²) >= 11 is 1.07. The van der Waals surface area contributed by atoms with Gasteiger partial charge in [0.1, 0.15) is 5.82 Å². The predicted molar refractivity (Wildman–Crippen MR) is 107 cm³/mol. The zero-order valence-electron chi connectivity index (χ0n) is 15.9. The number of anilines is 1. The van der Waals surface area contributed by atoms with Crippen LogP contribution in [0.1, 0.15) is 23.7 Å². The van der Waals surface area contributed by atoms with E-state index in [0.29, 0.717) is 35.8 Å². The quantitative estimate of drug-likeness (QED) is 0.541. The molecule has 1 N–H and O–H groups in total. The van der Waals surface area contributed by atoms with Crippen LogP contribution in [0.4, 0.5) is 18.9 Å². The Balaban J connectivity index is 1.44. The summed E-state index contributed by atoms with van der Waals surface area (Å²) in [5.41, 5.74) is 0.917. The van der Waals surface area contributed by atoms with Crippen molar-refractivity contribution in [2.75, 3.05) is 30.3 Å². The van der Waals surface area contributed by atoms with Gasteiger partial charge in [-0.2, -0.15) is 0 Å². The van der Waals surface area contributed by atoms with Crippen LogP contribution in [0.3, 0.4) is 0 Å². The number of halogens is 3. The van der Waals surface area contributed by atoms with Gasteiger partial charge in [-0.3, -0.25) is 9.59 Å². The molecule has 0 spiro atoms. The van der Waals surface area contributed by atoms with Crippen LogP contribution in [0, 0.1) is 23.4 Å². The van der Waals surface area contributed by atoms with Gasteiger partial charge < -0.3 is 10.2 Å². The number of carbonyl (C=O) groups excluding carboxylic acids is 2. The first-order valence-electron chi connectivity index (χ1n) is 9.23. The first-order chi connectivity index (χ1) is 13.8. The fraction of sp³-hybridized carbons (Fsp3) is 0.333. The van der Waals surface area contributed by atoms with Gasteiger partial charge in [0.25, 0.3) is 0 Å². The van der Waals surface area contributed by atoms with Gasteiger partial charge in [-0.15, -0.1) is 11.8 Å². The fourth-order valence-electron chi connectivity index (χ4n) is 3.20. The normalized spacial score (nSPS) is 16.1. The van der Waals surface area contributed by atoms with Crippen LogP contribution >= 0.6 is 11.8 Å². The Morgan fingerprint density at radius 1 is 1.10 bits per heavy atom. The zero-order chi connectivity index (χ0) is 21.0. The second-order valence-corrected chi connectivity index (χ2v) is 8.01. The van der Waals surface area contributed by atoms with Crippen LogP contribution in [0.5, 0.6) is 0 Å². The highest BCUT2D eigenvalue weighted by atomic mass is 32.2.